The molecule has 28 heavy (non-hydrogen) atoms. The molecule has 146 valence electrons. The molecule has 1 N–H and O–H groups in total. The summed E-state index contributed by atoms with van der Waals surface area (Å²) in [5.74, 6) is 1.50. The summed E-state index contributed by atoms with van der Waals surface area (Å²) in [6, 6.07) is 10.7. The lowest BCUT2D eigenvalue weighted by atomic mass is 10.0. The molecule has 1 amide bonds. The highest BCUT2D eigenvalue weighted by Crippen LogP contribution is 2.23. The van der Waals surface area contributed by atoms with Gasteiger partial charge in [-0.2, -0.15) is 4.98 Å². The SMILES string of the molecule is CC(C)C(NC(=O)CCOc1cccc(Br)c1)c1nc(-c2ccncc2)no1. The van der Waals surface area contributed by atoms with Gasteiger partial charge in [0.15, 0.2) is 0 Å². The lowest BCUT2D eigenvalue weighted by Gasteiger charge is -2.18. The maximum Gasteiger partial charge on any atom is 0.249 e. The predicted octanol–water partition coefficient (Wildman–Crippen LogP) is 4.18. The first-order valence-corrected chi connectivity index (χ1v) is 9.74. The number of carbonyl (C=O) groups excluding carboxylic acids is 1. The van der Waals surface area contributed by atoms with Gasteiger partial charge in [-0.15, -0.1) is 0 Å². The number of aromatic nitrogens is 3. The smallest absolute Gasteiger partial charge is 0.249 e. The van der Waals surface area contributed by atoms with Crippen LogP contribution in [0.1, 0.15) is 32.2 Å². The number of rotatable bonds is 8. The van der Waals surface area contributed by atoms with Gasteiger partial charge in [0.25, 0.3) is 0 Å². The van der Waals surface area contributed by atoms with Crippen molar-refractivity contribution in [2.24, 2.45) is 5.92 Å². The van der Waals surface area contributed by atoms with E-state index in [2.05, 4.69) is 36.4 Å². The van der Waals surface area contributed by atoms with Crippen LogP contribution in [0.15, 0.2) is 57.8 Å². The Labute approximate surface area is 171 Å². The van der Waals surface area contributed by atoms with Gasteiger partial charge in [0.1, 0.15) is 11.8 Å². The second-order valence-electron chi connectivity index (χ2n) is 6.54. The van der Waals surface area contributed by atoms with E-state index < -0.39 is 0 Å². The first-order chi connectivity index (χ1) is 13.5. The van der Waals surface area contributed by atoms with E-state index >= 15 is 0 Å². The molecule has 0 radical (unpaired) electrons. The van der Waals surface area contributed by atoms with Gasteiger partial charge in [0.05, 0.1) is 13.0 Å². The highest BCUT2D eigenvalue weighted by atomic mass is 79.9. The number of nitrogens with one attached hydrogen (secondary N) is 1. The van der Waals surface area contributed by atoms with E-state index in [1.807, 2.05) is 38.1 Å². The second kappa shape index (κ2) is 9.45. The van der Waals surface area contributed by atoms with Crippen LogP contribution in [0.25, 0.3) is 11.4 Å². The Hall–Kier alpha value is -2.74. The van der Waals surface area contributed by atoms with Crippen molar-refractivity contribution in [3.05, 3.63) is 59.2 Å². The maximum atomic E-state index is 12.4. The van der Waals surface area contributed by atoms with Crippen LogP contribution in [0.2, 0.25) is 0 Å². The number of benzene rings is 1. The minimum absolute atomic E-state index is 0.0840. The molecule has 3 aromatic rings. The minimum atomic E-state index is -0.374. The Kier molecular flexibility index (Phi) is 6.76. The van der Waals surface area contributed by atoms with Crippen LogP contribution >= 0.6 is 15.9 Å². The van der Waals surface area contributed by atoms with Gasteiger partial charge in [0.2, 0.25) is 17.6 Å². The average Bonchev–Trinajstić information content (AvgIpc) is 3.16. The number of hydrogen-bond donors (Lipinski definition) is 1. The summed E-state index contributed by atoms with van der Waals surface area (Å²) in [5, 5.41) is 6.97. The fraction of sp³-hybridized carbons (Fsp3) is 0.300. The van der Waals surface area contributed by atoms with Gasteiger partial charge in [-0.3, -0.25) is 9.78 Å². The fourth-order valence-corrected chi connectivity index (χ4v) is 2.94. The molecule has 0 saturated carbocycles. The molecule has 0 aliphatic rings. The zero-order chi connectivity index (χ0) is 19.9. The molecule has 0 fully saturated rings. The molecule has 0 aliphatic heterocycles. The van der Waals surface area contributed by atoms with E-state index in [1.54, 1.807) is 24.5 Å². The van der Waals surface area contributed by atoms with Crippen molar-refractivity contribution < 1.29 is 14.1 Å². The molecule has 0 spiro atoms. The van der Waals surface area contributed by atoms with Crippen molar-refractivity contribution in [2.45, 2.75) is 26.3 Å². The number of pyridine rings is 1. The third-order valence-corrected chi connectivity index (χ3v) is 4.52. The average molecular weight is 445 g/mol. The lowest BCUT2D eigenvalue weighted by molar-refractivity contribution is -0.122. The minimum Gasteiger partial charge on any atom is -0.493 e. The number of halogens is 1. The molecular formula is C20H21BrN4O3. The summed E-state index contributed by atoms with van der Waals surface area (Å²) >= 11 is 3.39. The molecule has 1 unspecified atom stereocenters. The predicted molar refractivity (Wildman–Crippen MR) is 108 cm³/mol. The van der Waals surface area contributed by atoms with Gasteiger partial charge in [-0.1, -0.05) is 41.0 Å². The van der Waals surface area contributed by atoms with Gasteiger partial charge in [-0.25, -0.2) is 0 Å². The van der Waals surface area contributed by atoms with Gasteiger partial charge in [0, 0.05) is 22.4 Å². The first-order valence-electron chi connectivity index (χ1n) is 8.94. The van der Waals surface area contributed by atoms with Crippen molar-refractivity contribution in [2.75, 3.05) is 6.61 Å². The highest BCUT2D eigenvalue weighted by Gasteiger charge is 2.24. The molecule has 1 atom stereocenters. The molecule has 8 heteroatoms. The third kappa shape index (κ3) is 5.39. The number of ether oxygens (including phenoxy) is 1. The molecule has 0 bridgehead atoms. The molecule has 2 aromatic heterocycles. The van der Waals surface area contributed by atoms with Crippen LogP contribution in [0.5, 0.6) is 5.75 Å². The summed E-state index contributed by atoms with van der Waals surface area (Å²) in [6.07, 6.45) is 3.55. The van der Waals surface area contributed by atoms with Crippen molar-refractivity contribution in [1.29, 1.82) is 0 Å². The number of nitrogens with zero attached hydrogens (tertiary/aromatic N) is 3. The Balaban J connectivity index is 1.58. The van der Waals surface area contributed by atoms with E-state index in [4.69, 9.17) is 9.26 Å². The molecule has 0 saturated heterocycles. The molecular weight excluding hydrogens is 424 g/mol. The summed E-state index contributed by atoms with van der Waals surface area (Å²) in [7, 11) is 0. The van der Waals surface area contributed by atoms with Crippen LogP contribution in [0, 0.1) is 5.92 Å². The highest BCUT2D eigenvalue weighted by molar-refractivity contribution is 9.10. The largest absolute Gasteiger partial charge is 0.493 e. The van der Waals surface area contributed by atoms with E-state index in [0.717, 1.165) is 10.0 Å². The van der Waals surface area contributed by atoms with Crippen LogP contribution in [0.4, 0.5) is 0 Å². The second-order valence-corrected chi connectivity index (χ2v) is 7.45. The van der Waals surface area contributed by atoms with Crippen LogP contribution in [-0.2, 0) is 4.79 Å². The van der Waals surface area contributed by atoms with Crippen molar-refractivity contribution in [3.63, 3.8) is 0 Å². The topological polar surface area (TPSA) is 90.1 Å². The lowest BCUT2D eigenvalue weighted by Crippen LogP contribution is -2.32. The van der Waals surface area contributed by atoms with E-state index in [-0.39, 0.29) is 30.9 Å². The van der Waals surface area contributed by atoms with E-state index in [1.165, 1.54) is 0 Å². The Morgan fingerprint density at radius 2 is 2.04 bits per heavy atom. The van der Waals surface area contributed by atoms with Gasteiger partial charge < -0.3 is 14.6 Å². The zero-order valence-corrected chi connectivity index (χ0v) is 17.2. The van der Waals surface area contributed by atoms with Crippen LogP contribution < -0.4 is 10.1 Å². The van der Waals surface area contributed by atoms with Gasteiger partial charge in [-0.05, 0) is 36.2 Å². The Bertz CT molecular complexity index is 915. The maximum absolute atomic E-state index is 12.4. The summed E-state index contributed by atoms with van der Waals surface area (Å²) < 4.78 is 11.9. The molecule has 3 rings (SSSR count). The van der Waals surface area contributed by atoms with E-state index in [9.17, 15) is 4.79 Å². The number of amides is 1. The Morgan fingerprint density at radius 1 is 1.25 bits per heavy atom. The first kappa shape index (κ1) is 20.0. The molecule has 1 aromatic carbocycles. The molecule has 0 aliphatic carbocycles. The number of carbonyl (C=O) groups is 1. The Morgan fingerprint density at radius 3 is 2.75 bits per heavy atom. The number of hydrogen-bond acceptors (Lipinski definition) is 6. The fourth-order valence-electron chi connectivity index (χ4n) is 2.56. The summed E-state index contributed by atoms with van der Waals surface area (Å²) in [4.78, 5) is 20.8. The van der Waals surface area contributed by atoms with E-state index in [0.29, 0.717) is 17.5 Å². The normalized spacial score (nSPS) is 12.0. The monoisotopic (exact) mass is 444 g/mol. The quantitative estimate of drug-likeness (QED) is 0.560. The van der Waals surface area contributed by atoms with Crippen molar-refractivity contribution in [3.8, 4) is 17.1 Å². The van der Waals surface area contributed by atoms with Crippen LogP contribution in [-0.4, -0.2) is 27.6 Å². The zero-order valence-electron chi connectivity index (χ0n) is 15.6. The molecule has 2 heterocycles. The summed E-state index contributed by atoms with van der Waals surface area (Å²) in [6.45, 7) is 4.25. The summed E-state index contributed by atoms with van der Waals surface area (Å²) in [5.41, 5.74) is 0.807. The third-order valence-electron chi connectivity index (χ3n) is 4.02. The molecule has 7 nitrogen and oxygen atoms in total. The van der Waals surface area contributed by atoms with Crippen molar-refractivity contribution in [1.82, 2.24) is 20.4 Å². The van der Waals surface area contributed by atoms with Crippen LogP contribution in [0.3, 0.4) is 0 Å². The van der Waals surface area contributed by atoms with Crippen molar-refractivity contribution >= 4 is 21.8 Å². The van der Waals surface area contributed by atoms with Gasteiger partial charge >= 0.3 is 0 Å². The standard InChI is InChI=1S/C20H21BrN4O3/c1-13(2)18(20-24-19(25-28-20)14-6-9-22-10-7-14)23-17(26)8-11-27-16-5-3-4-15(21)12-16/h3-7,9-10,12-13,18H,8,11H2,1-2H3,(H,23,26).